The Hall–Kier alpha value is -4.17. The summed E-state index contributed by atoms with van der Waals surface area (Å²) in [6.45, 7) is 0. The predicted molar refractivity (Wildman–Crippen MR) is 128 cm³/mol. The minimum atomic E-state index is 0.633. The van der Waals surface area contributed by atoms with Gasteiger partial charge in [-0.3, -0.25) is 0 Å². The molecule has 0 unspecified atom stereocenters. The quantitative estimate of drug-likeness (QED) is 0.283. The monoisotopic (exact) mass is 397 g/mol. The van der Waals surface area contributed by atoms with Crippen molar-refractivity contribution < 1.29 is 4.42 Å². The maximum atomic E-state index is 6.03. The highest BCUT2D eigenvalue weighted by molar-refractivity contribution is 6.12. The number of hydrogen-bond donors (Lipinski definition) is 0. The van der Waals surface area contributed by atoms with Crippen molar-refractivity contribution in [1.29, 1.82) is 0 Å². The molecule has 146 valence electrons. The van der Waals surface area contributed by atoms with Crippen LogP contribution in [0.1, 0.15) is 0 Å². The Morgan fingerprint density at radius 2 is 1.10 bits per heavy atom. The summed E-state index contributed by atoms with van der Waals surface area (Å²) in [5, 5.41) is 5.02. The van der Waals surface area contributed by atoms with Crippen molar-refractivity contribution in [3.63, 3.8) is 0 Å². The summed E-state index contributed by atoms with van der Waals surface area (Å²) in [4.78, 5) is 4.50. The normalized spacial score (nSPS) is 11.2. The lowest BCUT2D eigenvalue weighted by Gasteiger charge is -2.12. The summed E-state index contributed by atoms with van der Waals surface area (Å²) in [7, 11) is 0. The third-order valence-electron chi connectivity index (χ3n) is 5.76. The second-order valence-electron chi connectivity index (χ2n) is 7.67. The molecule has 31 heavy (non-hydrogen) atoms. The molecule has 2 heteroatoms. The van der Waals surface area contributed by atoms with Crippen molar-refractivity contribution in [2.75, 3.05) is 0 Å². The van der Waals surface area contributed by atoms with Crippen LogP contribution in [0.15, 0.2) is 120 Å². The van der Waals surface area contributed by atoms with E-state index in [0.717, 1.165) is 16.9 Å². The van der Waals surface area contributed by atoms with Gasteiger partial charge in [-0.1, -0.05) is 91.0 Å². The van der Waals surface area contributed by atoms with Crippen LogP contribution in [0, 0.1) is 0 Å². The van der Waals surface area contributed by atoms with Crippen LogP contribution in [0.2, 0.25) is 0 Å². The first-order valence-corrected chi connectivity index (χ1v) is 10.4. The summed E-state index contributed by atoms with van der Waals surface area (Å²) in [5.74, 6) is 1.41. The summed E-state index contributed by atoms with van der Waals surface area (Å²) in [6, 6.07) is 38.0. The highest BCUT2D eigenvalue weighted by atomic mass is 16.4. The molecular weight excluding hydrogens is 378 g/mol. The summed E-state index contributed by atoms with van der Waals surface area (Å²) < 4.78 is 6.03. The molecule has 0 saturated heterocycles. The zero-order valence-corrected chi connectivity index (χ0v) is 16.8. The van der Waals surface area contributed by atoms with Crippen LogP contribution >= 0.6 is 0 Å². The van der Waals surface area contributed by atoms with Crippen LogP contribution in [0.5, 0.6) is 0 Å². The van der Waals surface area contributed by atoms with Crippen LogP contribution in [0.4, 0.5) is 0 Å². The lowest BCUT2D eigenvalue weighted by Crippen LogP contribution is -1.86. The van der Waals surface area contributed by atoms with Crippen LogP contribution in [-0.2, 0) is 0 Å². The summed E-state index contributed by atoms with van der Waals surface area (Å²) in [6.07, 6.45) is 1.79. The van der Waals surface area contributed by atoms with Crippen LogP contribution in [-0.4, -0.2) is 4.98 Å². The fraction of sp³-hybridized carbons (Fsp3) is 0. The Morgan fingerprint density at radius 1 is 0.516 bits per heavy atom. The van der Waals surface area contributed by atoms with Gasteiger partial charge in [0.25, 0.3) is 0 Å². The first kappa shape index (κ1) is 17.7. The highest BCUT2D eigenvalue weighted by Gasteiger charge is 2.12. The maximum absolute atomic E-state index is 6.03. The standard InChI is InChI=1S/C29H19NO/c1-2-8-20(9-3-1)27-19-30-29(31-27)22-16-14-21(15-17-22)28-25-12-6-4-10-23(25)18-24-11-5-7-13-26(24)28/h1-19H. The molecule has 0 aliphatic carbocycles. The smallest absolute Gasteiger partial charge is 0.226 e. The molecule has 2 nitrogen and oxygen atoms in total. The Kier molecular flexibility index (Phi) is 4.14. The zero-order chi connectivity index (χ0) is 20.6. The van der Waals surface area contributed by atoms with Crippen LogP contribution in [0.3, 0.4) is 0 Å². The topological polar surface area (TPSA) is 26.0 Å². The number of nitrogens with zero attached hydrogens (tertiary/aromatic N) is 1. The van der Waals surface area contributed by atoms with E-state index in [1.54, 1.807) is 6.20 Å². The molecule has 6 aromatic rings. The molecule has 0 aliphatic rings. The number of oxazole rings is 1. The Morgan fingerprint density at radius 3 is 1.77 bits per heavy atom. The molecule has 5 aromatic carbocycles. The van der Waals surface area contributed by atoms with Gasteiger partial charge in [0.2, 0.25) is 5.89 Å². The lowest BCUT2D eigenvalue weighted by atomic mass is 9.92. The number of rotatable bonds is 3. The second-order valence-corrected chi connectivity index (χ2v) is 7.67. The van der Waals surface area contributed by atoms with Crippen molar-refractivity contribution in [1.82, 2.24) is 4.98 Å². The third kappa shape index (κ3) is 3.10. The molecule has 0 atom stereocenters. The molecule has 0 radical (unpaired) electrons. The average Bonchev–Trinajstić information content (AvgIpc) is 3.34. The fourth-order valence-corrected chi connectivity index (χ4v) is 4.25. The minimum Gasteiger partial charge on any atom is -0.436 e. The van der Waals surface area contributed by atoms with Crippen molar-refractivity contribution in [3.05, 3.63) is 115 Å². The van der Waals surface area contributed by atoms with Crippen molar-refractivity contribution in [2.45, 2.75) is 0 Å². The lowest BCUT2D eigenvalue weighted by molar-refractivity contribution is 0.589. The molecule has 0 aliphatic heterocycles. The van der Waals surface area contributed by atoms with Gasteiger partial charge in [-0.25, -0.2) is 4.98 Å². The van der Waals surface area contributed by atoms with Gasteiger partial charge >= 0.3 is 0 Å². The average molecular weight is 397 g/mol. The van der Waals surface area contributed by atoms with Crippen molar-refractivity contribution >= 4 is 21.5 Å². The number of aromatic nitrogens is 1. The molecule has 0 spiro atoms. The van der Waals surface area contributed by atoms with Gasteiger partial charge in [0.05, 0.1) is 6.20 Å². The maximum Gasteiger partial charge on any atom is 0.226 e. The van der Waals surface area contributed by atoms with E-state index in [1.807, 2.05) is 30.3 Å². The SMILES string of the molecule is c1ccc(-c2cnc(-c3ccc(-c4c5ccccc5cc5ccccc45)cc3)o2)cc1. The van der Waals surface area contributed by atoms with Gasteiger partial charge < -0.3 is 4.42 Å². The molecule has 0 bridgehead atoms. The molecule has 6 rings (SSSR count). The van der Waals surface area contributed by atoms with Crippen LogP contribution in [0.25, 0.3) is 55.4 Å². The second kappa shape index (κ2) is 7.26. The van der Waals surface area contributed by atoms with Gasteiger partial charge in [-0.05, 0) is 50.9 Å². The van der Waals surface area contributed by atoms with Gasteiger partial charge in [0, 0.05) is 11.1 Å². The Bertz CT molecular complexity index is 1460. The van der Waals surface area contributed by atoms with E-state index >= 15 is 0 Å². The van der Waals surface area contributed by atoms with Gasteiger partial charge in [0.1, 0.15) is 0 Å². The third-order valence-corrected chi connectivity index (χ3v) is 5.76. The van der Waals surface area contributed by atoms with E-state index in [4.69, 9.17) is 4.42 Å². The van der Waals surface area contributed by atoms with E-state index in [0.29, 0.717) is 5.89 Å². The van der Waals surface area contributed by atoms with Crippen molar-refractivity contribution in [3.8, 4) is 33.9 Å². The number of hydrogen-bond acceptors (Lipinski definition) is 2. The minimum absolute atomic E-state index is 0.633. The molecule has 1 heterocycles. The predicted octanol–water partition coefficient (Wildman–Crippen LogP) is 7.98. The molecule has 1 aromatic heterocycles. The Balaban J connectivity index is 1.45. The number of fused-ring (bicyclic) bond motifs is 2. The van der Waals surface area contributed by atoms with Gasteiger partial charge in [0.15, 0.2) is 5.76 Å². The van der Waals surface area contributed by atoms with E-state index < -0.39 is 0 Å². The largest absolute Gasteiger partial charge is 0.436 e. The van der Waals surface area contributed by atoms with Gasteiger partial charge in [-0.2, -0.15) is 0 Å². The molecule has 0 N–H and O–H groups in total. The molecule has 0 amide bonds. The molecule has 0 fully saturated rings. The van der Waals surface area contributed by atoms with E-state index in [9.17, 15) is 0 Å². The first-order valence-electron chi connectivity index (χ1n) is 10.4. The van der Waals surface area contributed by atoms with E-state index in [-0.39, 0.29) is 0 Å². The molecular formula is C29H19NO. The van der Waals surface area contributed by atoms with Gasteiger partial charge in [-0.15, -0.1) is 0 Å². The Labute approximate surface area is 180 Å². The van der Waals surface area contributed by atoms with Crippen LogP contribution < -0.4 is 0 Å². The number of benzene rings is 5. The highest BCUT2D eigenvalue weighted by Crippen LogP contribution is 2.37. The zero-order valence-electron chi connectivity index (χ0n) is 16.8. The van der Waals surface area contributed by atoms with E-state index in [1.165, 1.54) is 32.7 Å². The van der Waals surface area contributed by atoms with Crippen molar-refractivity contribution in [2.24, 2.45) is 0 Å². The molecule has 0 saturated carbocycles. The summed E-state index contributed by atoms with van der Waals surface area (Å²) >= 11 is 0. The van der Waals surface area contributed by atoms with E-state index in [2.05, 4.69) is 83.8 Å². The fourth-order valence-electron chi connectivity index (χ4n) is 4.25. The summed E-state index contributed by atoms with van der Waals surface area (Å²) in [5.41, 5.74) is 4.44. The first-order chi connectivity index (χ1) is 15.4.